The highest BCUT2D eigenvalue weighted by atomic mass is 19.4. The van der Waals surface area contributed by atoms with Gasteiger partial charge in [0.1, 0.15) is 0 Å². The first kappa shape index (κ1) is 31.9. The van der Waals surface area contributed by atoms with Gasteiger partial charge in [0, 0.05) is 12.7 Å². The molecule has 1 aliphatic rings. The van der Waals surface area contributed by atoms with Gasteiger partial charge in [0.05, 0.1) is 55.3 Å². The first-order chi connectivity index (χ1) is 20.0. The van der Waals surface area contributed by atoms with E-state index in [0.717, 1.165) is 18.7 Å². The molecule has 3 aromatic rings. The van der Waals surface area contributed by atoms with E-state index in [-0.39, 0.29) is 29.9 Å². The quantitative estimate of drug-likeness (QED) is 0.302. The van der Waals surface area contributed by atoms with Crippen molar-refractivity contribution >= 4 is 17.6 Å². The minimum atomic E-state index is -4.59. The number of aromatic nitrogens is 5. The molecule has 0 radical (unpaired) electrons. The smallest absolute Gasteiger partial charge is 0.382 e. The lowest BCUT2D eigenvalue weighted by Gasteiger charge is -2.38. The number of carbonyl (C=O) groups excluding carboxylic acids is 2. The lowest BCUT2D eigenvalue weighted by Crippen LogP contribution is -2.58. The Hall–Kier alpha value is -4.03. The molecular formula is C24H27F7N8O4. The van der Waals surface area contributed by atoms with Gasteiger partial charge in [-0.05, 0) is 29.2 Å². The summed E-state index contributed by atoms with van der Waals surface area (Å²) in [5.41, 5.74) is -3.73. The lowest BCUT2D eigenvalue weighted by molar-refractivity contribution is -0.214. The molecular weight excluding hydrogens is 597 g/mol. The average Bonchev–Trinajstić information content (AvgIpc) is 3.58. The number of rotatable bonds is 11. The third-order valence-corrected chi connectivity index (χ3v) is 7.03. The van der Waals surface area contributed by atoms with Crippen LogP contribution in [0.3, 0.4) is 0 Å². The van der Waals surface area contributed by atoms with Crippen LogP contribution in [0, 0.1) is 5.41 Å². The molecule has 3 amide bonds. The molecule has 236 valence electrons. The first-order valence-corrected chi connectivity index (χ1v) is 12.8. The van der Waals surface area contributed by atoms with E-state index >= 15 is 0 Å². The van der Waals surface area contributed by atoms with Crippen molar-refractivity contribution in [2.24, 2.45) is 5.41 Å². The molecule has 0 bridgehead atoms. The molecule has 0 aliphatic carbocycles. The van der Waals surface area contributed by atoms with Crippen LogP contribution in [0.5, 0.6) is 0 Å². The maximum absolute atomic E-state index is 14.1. The predicted octanol–water partition coefficient (Wildman–Crippen LogP) is 4.24. The number of ether oxygens (including phenoxy) is 1. The van der Waals surface area contributed by atoms with Gasteiger partial charge in [-0.3, -0.25) is 4.79 Å². The second kappa shape index (κ2) is 11.9. The third-order valence-electron chi connectivity index (χ3n) is 7.03. The monoisotopic (exact) mass is 624 g/mol. The minimum absolute atomic E-state index is 0.0107. The maximum atomic E-state index is 14.1. The second-order valence-electron chi connectivity index (χ2n) is 10.6. The standard InChI is InChI=1S/C24H27F7N8O4/c1-22(2,24(29,30)31)5-4-13(35-20(40)18-17(19(25)26)36-43-37-18)14-8-39-16(34-14)6-12(7-33-39)15(9-42-3)38-11-23(27,28)10-32-21(38)41/h6-8,13,15,19H,4-5,9-11H2,1-3H3,(H,32,41)(H,35,40). The summed E-state index contributed by atoms with van der Waals surface area (Å²) in [4.78, 5) is 30.5. The van der Waals surface area contributed by atoms with Crippen molar-refractivity contribution in [3.05, 3.63) is 41.1 Å². The van der Waals surface area contributed by atoms with Gasteiger partial charge in [-0.25, -0.2) is 36.5 Å². The normalized spacial score (nSPS) is 17.3. The average molecular weight is 625 g/mol. The number of methoxy groups -OCH3 is 1. The van der Waals surface area contributed by atoms with E-state index in [4.69, 9.17) is 4.74 Å². The van der Waals surface area contributed by atoms with Crippen molar-refractivity contribution < 1.29 is 49.7 Å². The zero-order valence-electron chi connectivity index (χ0n) is 23.0. The molecule has 0 aromatic carbocycles. The minimum Gasteiger partial charge on any atom is -0.382 e. The number of fused-ring (bicyclic) bond motifs is 1. The summed E-state index contributed by atoms with van der Waals surface area (Å²) in [5.74, 6) is -4.40. The van der Waals surface area contributed by atoms with E-state index in [0.29, 0.717) is 0 Å². The van der Waals surface area contributed by atoms with Gasteiger partial charge in [-0.1, -0.05) is 13.8 Å². The Labute approximate surface area is 238 Å². The fourth-order valence-corrected chi connectivity index (χ4v) is 4.38. The number of urea groups is 1. The van der Waals surface area contributed by atoms with E-state index < -0.39 is 78.9 Å². The second-order valence-corrected chi connectivity index (χ2v) is 10.6. The van der Waals surface area contributed by atoms with Crippen LogP contribution in [0.25, 0.3) is 5.65 Å². The predicted molar refractivity (Wildman–Crippen MR) is 131 cm³/mol. The Bertz CT molecular complexity index is 1460. The van der Waals surface area contributed by atoms with E-state index in [1.807, 2.05) is 0 Å². The van der Waals surface area contributed by atoms with Crippen LogP contribution < -0.4 is 10.6 Å². The van der Waals surface area contributed by atoms with Crippen molar-refractivity contribution in [3.8, 4) is 0 Å². The number of carbonyl (C=O) groups is 2. The van der Waals surface area contributed by atoms with Gasteiger partial charge in [0.25, 0.3) is 18.3 Å². The van der Waals surface area contributed by atoms with E-state index in [9.17, 15) is 40.3 Å². The number of imidazole rings is 1. The van der Waals surface area contributed by atoms with Gasteiger partial charge in [0.2, 0.25) is 5.69 Å². The molecule has 2 atom stereocenters. The Morgan fingerprint density at radius 3 is 2.63 bits per heavy atom. The zero-order chi connectivity index (χ0) is 31.7. The highest BCUT2D eigenvalue weighted by Crippen LogP contribution is 2.42. The summed E-state index contributed by atoms with van der Waals surface area (Å²) in [5, 5.41) is 14.9. The molecule has 1 aliphatic heterocycles. The van der Waals surface area contributed by atoms with Crippen molar-refractivity contribution in [1.82, 2.24) is 40.4 Å². The SMILES string of the molecule is COCC(c1cnn2cc(C(CCC(C)(C)C(F)(F)F)NC(=O)c3nonc3C(F)F)nc2c1)N1CC(F)(F)CNC1=O. The van der Waals surface area contributed by atoms with Crippen LogP contribution >= 0.6 is 0 Å². The molecule has 4 heterocycles. The number of hydrogen-bond acceptors (Lipinski definition) is 8. The summed E-state index contributed by atoms with van der Waals surface area (Å²) in [6.45, 7) is 0.0349. The first-order valence-electron chi connectivity index (χ1n) is 12.8. The number of amides is 3. The fraction of sp³-hybridized carbons (Fsp3) is 0.583. The Morgan fingerprint density at radius 1 is 1.26 bits per heavy atom. The van der Waals surface area contributed by atoms with Crippen LogP contribution in [0.2, 0.25) is 0 Å². The van der Waals surface area contributed by atoms with Gasteiger partial charge < -0.3 is 20.3 Å². The van der Waals surface area contributed by atoms with Crippen LogP contribution in [-0.2, 0) is 4.74 Å². The van der Waals surface area contributed by atoms with Gasteiger partial charge in [0.15, 0.2) is 11.3 Å². The molecule has 43 heavy (non-hydrogen) atoms. The molecule has 1 fully saturated rings. The lowest BCUT2D eigenvalue weighted by atomic mass is 9.85. The molecule has 19 heteroatoms. The Morgan fingerprint density at radius 2 is 1.98 bits per heavy atom. The topological polar surface area (TPSA) is 140 Å². The van der Waals surface area contributed by atoms with Gasteiger partial charge in [-0.2, -0.15) is 18.3 Å². The summed E-state index contributed by atoms with van der Waals surface area (Å²) in [7, 11) is 1.31. The molecule has 0 saturated carbocycles. The highest BCUT2D eigenvalue weighted by molar-refractivity contribution is 5.93. The Balaban J connectivity index is 1.67. The molecule has 2 N–H and O–H groups in total. The van der Waals surface area contributed by atoms with Crippen molar-refractivity contribution in [2.45, 2.75) is 57.3 Å². The number of nitrogens with one attached hydrogen (secondary N) is 2. The van der Waals surface area contributed by atoms with E-state index in [1.54, 1.807) is 0 Å². The Kier molecular flexibility index (Phi) is 8.85. The van der Waals surface area contributed by atoms with E-state index in [2.05, 4.69) is 35.7 Å². The summed E-state index contributed by atoms with van der Waals surface area (Å²) in [6.07, 6.45) is -6.07. The summed E-state index contributed by atoms with van der Waals surface area (Å²) in [6, 6.07) is -1.60. The summed E-state index contributed by atoms with van der Waals surface area (Å²) < 4.78 is 106. The number of alkyl halides is 7. The van der Waals surface area contributed by atoms with Crippen molar-refractivity contribution in [2.75, 3.05) is 26.8 Å². The molecule has 3 aromatic heterocycles. The van der Waals surface area contributed by atoms with Crippen LogP contribution in [0.1, 0.15) is 72.6 Å². The van der Waals surface area contributed by atoms with Crippen LogP contribution in [0.15, 0.2) is 23.1 Å². The molecule has 2 unspecified atom stereocenters. The van der Waals surface area contributed by atoms with Crippen LogP contribution in [0.4, 0.5) is 35.5 Å². The maximum Gasteiger partial charge on any atom is 0.393 e. The van der Waals surface area contributed by atoms with Gasteiger partial charge in [-0.15, -0.1) is 0 Å². The molecule has 0 spiro atoms. The van der Waals surface area contributed by atoms with Crippen molar-refractivity contribution in [3.63, 3.8) is 0 Å². The van der Waals surface area contributed by atoms with Gasteiger partial charge >= 0.3 is 12.2 Å². The number of halogens is 7. The zero-order valence-corrected chi connectivity index (χ0v) is 23.0. The van der Waals surface area contributed by atoms with Crippen molar-refractivity contribution in [1.29, 1.82) is 0 Å². The summed E-state index contributed by atoms with van der Waals surface area (Å²) >= 11 is 0. The molecule has 12 nitrogen and oxygen atoms in total. The fourth-order valence-electron chi connectivity index (χ4n) is 4.38. The van der Waals surface area contributed by atoms with Crippen LogP contribution in [-0.4, -0.2) is 80.7 Å². The third kappa shape index (κ3) is 6.97. The number of nitrogens with zero attached hydrogens (tertiary/aromatic N) is 6. The number of hydrogen-bond donors (Lipinski definition) is 2. The molecule has 4 rings (SSSR count). The highest BCUT2D eigenvalue weighted by Gasteiger charge is 2.47. The molecule has 1 saturated heterocycles. The van der Waals surface area contributed by atoms with E-state index in [1.165, 1.54) is 30.1 Å². The largest absolute Gasteiger partial charge is 0.393 e.